The lowest BCUT2D eigenvalue weighted by Crippen LogP contribution is -2.32. The van der Waals surface area contributed by atoms with Gasteiger partial charge < -0.3 is 14.7 Å². The zero-order chi connectivity index (χ0) is 17.2. The van der Waals surface area contributed by atoms with Gasteiger partial charge in [-0.25, -0.2) is 4.79 Å². The second kappa shape index (κ2) is 6.60. The number of para-hydroxylation sites is 1. The van der Waals surface area contributed by atoms with Crippen molar-refractivity contribution in [2.45, 2.75) is 11.6 Å². The minimum Gasteiger partial charge on any atom is -0.411 e. The molecule has 1 aliphatic heterocycles. The first-order valence-corrected chi connectivity index (χ1v) is 8.82. The number of hydrogen-bond acceptors (Lipinski definition) is 6. The number of hydrogen-bond donors (Lipinski definition) is 2. The van der Waals surface area contributed by atoms with Gasteiger partial charge in [0.1, 0.15) is 0 Å². The Balaban J connectivity index is 1.36. The molecule has 3 amide bonds. The summed E-state index contributed by atoms with van der Waals surface area (Å²) in [5.41, 5.74) is 1.88. The number of amides is 3. The summed E-state index contributed by atoms with van der Waals surface area (Å²) in [6.07, 6.45) is 2.51. The highest BCUT2D eigenvalue weighted by molar-refractivity contribution is 7.99. The third kappa shape index (κ3) is 3.10. The second-order valence-electron chi connectivity index (χ2n) is 5.53. The Morgan fingerprint density at radius 2 is 2.12 bits per heavy atom. The summed E-state index contributed by atoms with van der Waals surface area (Å²) in [6, 6.07) is 7.58. The fraction of sp³-hybridized carbons (Fsp3) is 0.250. The number of H-pyrrole nitrogens is 1. The Hall–Kier alpha value is -2.81. The van der Waals surface area contributed by atoms with E-state index in [0.29, 0.717) is 29.8 Å². The lowest BCUT2D eigenvalue weighted by molar-refractivity contribution is -0.124. The van der Waals surface area contributed by atoms with Crippen LogP contribution in [0.25, 0.3) is 22.4 Å². The molecular formula is C16H15N5O3S. The lowest BCUT2D eigenvalue weighted by Gasteiger charge is -2.10. The number of carbonyl (C=O) groups excluding carboxylic acids is 2. The summed E-state index contributed by atoms with van der Waals surface area (Å²) >= 11 is 1.41. The third-order valence-electron chi connectivity index (χ3n) is 3.91. The molecular weight excluding hydrogens is 342 g/mol. The fourth-order valence-corrected chi connectivity index (χ4v) is 3.37. The summed E-state index contributed by atoms with van der Waals surface area (Å²) in [7, 11) is 0. The molecule has 0 spiro atoms. The quantitative estimate of drug-likeness (QED) is 0.398. The van der Waals surface area contributed by atoms with E-state index in [2.05, 4.69) is 20.5 Å². The highest BCUT2D eigenvalue weighted by Crippen LogP contribution is 2.29. The zero-order valence-corrected chi connectivity index (χ0v) is 14.0. The van der Waals surface area contributed by atoms with E-state index in [1.165, 1.54) is 16.7 Å². The summed E-state index contributed by atoms with van der Waals surface area (Å²) in [5.74, 6) is 0.954. The molecule has 1 aliphatic rings. The highest BCUT2D eigenvalue weighted by Gasteiger charge is 2.27. The Morgan fingerprint density at radius 3 is 2.96 bits per heavy atom. The van der Waals surface area contributed by atoms with Crippen molar-refractivity contribution < 1.29 is 14.0 Å². The van der Waals surface area contributed by atoms with Gasteiger partial charge in [-0.2, -0.15) is 0 Å². The third-order valence-corrected chi connectivity index (χ3v) is 4.82. The monoisotopic (exact) mass is 357 g/mol. The number of fused-ring (bicyclic) bond motifs is 1. The van der Waals surface area contributed by atoms with E-state index in [-0.39, 0.29) is 18.5 Å². The smallest absolute Gasteiger partial charge is 0.324 e. The largest absolute Gasteiger partial charge is 0.411 e. The van der Waals surface area contributed by atoms with Crippen LogP contribution in [0.3, 0.4) is 0 Å². The van der Waals surface area contributed by atoms with Crippen molar-refractivity contribution in [3.05, 3.63) is 30.5 Å². The summed E-state index contributed by atoms with van der Waals surface area (Å²) in [5, 5.41) is 12.2. The number of aromatic nitrogens is 3. The summed E-state index contributed by atoms with van der Waals surface area (Å²) in [4.78, 5) is 27.3. The van der Waals surface area contributed by atoms with Crippen LogP contribution in [0.2, 0.25) is 0 Å². The number of thioether (sulfide) groups is 1. The minimum atomic E-state index is -0.325. The number of carbonyl (C=O) groups is 2. The van der Waals surface area contributed by atoms with E-state index in [1.807, 2.05) is 30.5 Å². The molecule has 0 unspecified atom stereocenters. The second-order valence-corrected chi connectivity index (χ2v) is 6.57. The maximum atomic E-state index is 11.5. The molecule has 128 valence electrons. The molecule has 9 heteroatoms. The molecule has 4 rings (SSSR count). The van der Waals surface area contributed by atoms with Crippen molar-refractivity contribution in [1.82, 2.24) is 25.4 Å². The fourth-order valence-electron chi connectivity index (χ4n) is 2.69. The predicted molar refractivity (Wildman–Crippen MR) is 92.0 cm³/mol. The topological polar surface area (TPSA) is 104 Å². The van der Waals surface area contributed by atoms with Gasteiger partial charge in [-0.15, -0.1) is 10.2 Å². The van der Waals surface area contributed by atoms with E-state index in [9.17, 15) is 9.59 Å². The number of imide groups is 1. The van der Waals surface area contributed by atoms with E-state index >= 15 is 0 Å². The van der Waals surface area contributed by atoms with Crippen molar-refractivity contribution in [3.8, 4) is 11.5 Å². The Kier molecular flexibility index (Phi) is 4.14. The van der Waals surface area contributed by atoms with Gasteiger partial charge in [0.05, 0.1) is 12.1 Å². The van der Waals surface area contributed by atoms with Gasteiger partial charge >= 0.3 is 6.03 Å². The number of nitrogens with one attached hydrogen (secondary N) is 2. The molecule has 3 aromatic rings. The van der Waals surface area contributed by atoms with E-state index in [1.54, 1.807) is 0 Å². The van der Waals surface area contributed by atoms with Crippen LogP contribution < -0.4 is 5.32 Å². The van der Waals surface area contributed by atoms with Crippen molar-refractivity contribution in [2.24, 2.45) is 0 Å². The molecule has 0 aliphatic carbocycles. The normalized spacial score (nSPS) is 14.5. The maximum Gasteiger partial charge on any atom is 0.324 e. The molecule has 0 bridgehead atoms. The van der Waals surface area contributed by atoms with Crippen molar-refractivity contribution >= 4 is 34.6 Å². The van der Waals surface area contributed by atoms with Crippen molar-refractivity contribution in [2.75, 3.05) is 18.8 Å². The van der Waals surface area contributed by atoms with Crippen LogP contribution in [0.1, 0.15) is 6.42 Å². The minimum absolute atomic E-state index is 0.0869. The highest BCUT2D eigenvalue weighted by atomic mass is 32.2. The van der Waals surface area contributed by atoms with Gasteiger partial charge in [-0.3, -0.25) is 9.69 Å². The first kappa shape index (κ1) is 15.7. The van der Waals surface area contributed by atoms with Crippen molar-refractivity contribution in [1.29, 1.82) is 0 Å². The van der Waals surface area contributed by atoms with Gasteiger partial charge in [-0.1, -0.05) is 30.0 Å². The maximum absolute atomic E-state index is 11.5. The average molecular weight is 357 g/mol. The number of rotatable bonds is 6. The predicted octanol–water partition coefficient (Wildman–Crippen LogP) is 2.25. The Bertz CT molecular complexity index is 919. The van der Waals surface area contributed by atoms with Crippen LogP contribution in [-0.4, -0.2) is 50.9 Å². The van der Waals surface area contributed by atoms with Crippen LogP contribution >= 0.6 is 11.8 Å². The van der Waals surface area contributed by atoms with Gasteiger partial charge in [0.15, 0.2) is 0 Å². The molecule has 25 heavy (non-hydrogen) atoms. The van der Waals surface area contributed by atoms with E-state index in [4.69, 9.17) is 4.42 Å². The van der Waals surface area contributed by atoms with E-state index < -0.39 is 0 Å². The van der Waals surface area contributed by atoms with Crippen LogP contribution in [0.15, 0.2) is 40.1 Å². The number of aromatic amines is 1. The van der Waals surface area contributed by atoms with Gasteiger partial charge in [0.25, 0.3) is 11.1 Å². The molecule has 1 saturated heterocycles. The van der Waals surface area contributed by atoms with Crippen LogP contribution in [-0.2, 0) is 4.79 Å². The Morgan fingerprint density at radius 1 is 1.24 bits per heavy atom. The lowest BCUT2D eigenvalue weighted by atomic mass is 10.2. The SMILES string of the molecule is O=C1CNC(=O)N1CCCSc1nnc(-c2c[nH]c3ccccc23)o1. The standard InChI is InChI=1S/C16H15N5O3S/c22-13-9-18-15(23)21(13)6-3-7-25-16-20-19-14(24-16)11-8-17-12-5-2-1-4-10(11)12/h1-2,4-5,8,17H,3,6-7,9H2,(H,18,23). The molecule has 2 N–H and O–H groups in total. The summed E-state index contributed by atoms with van der Waals surface area (Å²) < 4.78 is 5.71. The van der Waals surface area contributed by atoms with Crippen LogP contribution in [0.4, 0.5) is 4.79 Å². The average Bonchev–Trinajstić information content (AvgIpc) is 3.32. The molecule has 0 atom stereocenters. The van der Waals surface area contributed by atoms with Crippen LogP contribution in [0, 0.1) is 0 Å². The molecule has 2 aromatic heterocycles. The molecule has 0 radical (unpaired) electrons. The van der Waals surface area contributed by atoms with E-state index in [0.717, 1.165) is 16.5 Å². The number of benzene rings is 1. The molecule has 1 fully saturated rings. The van der Waals surface area contributed by atoms with Crippen molar-refractivity contribution in [3.63, 3.8) is 0 Å². The molecule has 3 heterocycles. The molecule has 8 nitrogen and oxygen atoms in total. The zero-order valence-electron chi connectivity index (χ0n) is 13.2. The number of nitrogens with zero attached hydrogens (tertiary/aromatic N) is 3. The Labute approximate surface area is 147 Å². The van der Waals surface area contributed by atoms with Crippen LogP contribution in [0.5, 0.6) is 0 Å². The number of urea groups is 1. The summed E-state index contributed by atoms with van der Waals surface area (Å²) in [6.45, 7) is 0.477. The first-order chi connectivity index (χ1) is 12.2. The van der Waals surface area contributed by atoms with Gasteiger partial charge in [-0.05, 0) is 12.5 Å². The molecule has 0 saturated carbocycles. The van der Waals surface area contributed by atoms with Gasteiger partial charge in [0.2, 0.25) is 5.91 Å². The molecule has 1 aromatic carbocycles. The first-order valence-electron chi connectivity index (χ1n) is 7.83. The van der Waals surface area contributed by atoms with Gasteiger partial charge in [0, 0.05) is 29.4 Å².